The molecule has 7 rings (SSSR count). The maximum Gasteiger partial charge on any atom is 0.338 e. The van der Waals surface area contributed by atoms with Crippen LogP contribution in [0.15, 0.2) is 72.8 Å². The van der Waals surface area contributed by atoms with Crippen LogP contribution in [0.25, 0.3) is 0 Å². The summed E-state index contributed by atoms with van der Waals surface area (Å²) in [5.74, 6) is -3.33. The molecule has 3 aromatic carbocycles. The number of amides is 2. The van der Waals surface area contributed by atoms with E-state index in [4.69, 9.17) is 4.74 Å². The van der Waals surface area contributed by atoms with E-state index in [-0.39, 0.29) is 29.8 Å². The molecule has 3 aliphatic carbocycles. The largest absolute Gasteiger partial charge is 0.462 e. The fourth-order valence-corrected chi connectivity index (χ4v) is 6.61. The summed E-state index contributed by atoms with van der Waals surface area (Å²) < 4.78 is 5.10. The topological polar surface area (TPSA) is 80.8 Å². The average Bonchev–Trinajstić information content (AvgIpc) is 3.14. The Hall–Kier alpha value is -4.06. The number of rotatable bonds is 4. The van der Waals surface area contributed by atoms with Crippen molar-refractivity contribution in [1.29, 1.82) is 0 Å². The lowest BCUT2D eigenvalue weighted by molar-refractivity contribution is -0.132. The molecule has 2 amide bonds. The number of esters is 1. The number of Topliss-reactive ketones (excluding diaryl/α,β-unsaturated/α-hetero) is 1. The first-order chi connectivity index (χ1) is 16.9. The van der Waals surface area contributed by atoms with Gasteiger partial charge >= 0.3 is 5.97 Å². The molecule has 1 heterocycles. The van der Waals surface area contributed by atoms with Gasteiger partial charge in [0.2, 0.25) is 11.8 Å². The van der Waals surface area contributed by atoms with Crippen LogP contribution in [0.1, 0.15) is 52.4 Å². The predicted octanol–water partition coefficient (Wildman–Crippen LogP) is 4.00. The highest BCUT2D eigenvalue weighted by atomic mass is 16.5. The number of anilines is 1. The molecule has 1 aliphatic heterocycles. The molecule has 6 heteroatoms. The molecule has 0 spiro atoms. The second-order valence-corrected chi connectivity index (χ2v) is 9.30. The first-order valence-electron chi connectivity index (χ1n) is 11.8. The SMILES string of the molecule is CCOC(=O)c1cccc(N2C(=O)[C@@H]3C4c5ccccc5C(C(C)=O)(c5ccccc54)[C@H]3C2=O)c1. The highest BCUT2D eigenvalue weighted by molar-refractivity contribution is 6.25. The minimum atomic E-state index is -1.24. The molecule has 6 nitrogen and oxygen atoms in total. The summed E-state index contributed by atoms with van der Waals surface area (Å²) in [7, 11) is 0. The Morgan fingerprint density at radius 1 is 0.886 bits per heavy atom. The van der Waals surface area contributed by atoms with Gasteiger partial charge in [-0.3, -0.25) is 14.4 Å². The number of imide groups is 1. The van der Waals surface area contributed by atoms with Gasteiger partial charge in [0.25, 0.3) is 0 Å². The van der Waals surface area contributed by atoms with Crippen LogP contribution in [0, 0.1) is 11.8 Å². The summed E-state index contributed by atoms with van der Waals surface area (Å²) in [6.45, 7) is 3.44. The minimum Gasteiger partial charge on any atom is -0.462 e. The summed E-state index contributed by atoms with van der Waals surface area (Å²) in [5, 5.41) is 0. The summed E-state index contributed by atoms with van der Waals surface area (Å²) in [4.78, 5) is 55.2. The van der Waals surface area contributed by atoms with E-state index >= 15 is 0 Å². The lowest BCUT2D eigenvalue weighted by Crippen LogP contribution is -2.57. The lowest BCUT2D eigenvalue weighted by Gasteiger charge is -2.52. The van der Waals surface area contributed by atoms with E-state index in [1.807, 2.05) is 48.5 Å². The second kappa shape index (κ2) is 7.47. The molecule has 4 aliphatic rings. The molecule has 0 aromatic heterocycles. The Morgan fingerprint density at radius 3 is 2.11 bits per heavy atom. The monoisotopic (exact) mass is 465 g/mol. The van der Waals surface area contributed by atoms with Crippen molar-refractivity contribution in [3.05, 3.63) is 101 Å². The molecule has 2 atom stereocenters. The van der Waals surface area contributed by atoms with E-state index in [1.165, 1.54) is 17.9 Å². The molecule has 0 unspecified atom stereocenters. The molecule has 0 radical (unpaired) electrons. The first kappa shape index (κ1) is 21.5. The van der Waals surface area contributed by atoms with Gasteiger partial charge in [-0.25, -0.2) is 9.69 Å². The summed E-state index contributed by atoms with van der Waals surface area (Å²) in [5.41, 5.74) is 2.78. The third-order valence-electron chi connectivity index (χ3n) is 7.79. The molecule has 3 aromatic rings. The van der Waals surface area contributed by atoms with E-state index in [0.717, 1.165) is 22.3 Å². The molecule has 0 N–H and O–H groups in total. The van der Waals surface area contributed by atoms with Crippen molar-refractivity contribution in [2.45, 2.75) is 25.2 Å². The van der Waals surface area contributed by atoms with E-state index < -0.39 is 29.1 Å². The summed E-state index contributed by atoms with van der Waals surface area (Å²) >= 11 is 0. The van der Waals surface area contributed by atoms with Gasteiger partial charge in [0.15, 0.2) is 0 Å². The van der Waals surface area contributed by atoms with Crippen LogP contribution >= 0.6 is 0 Å². The standard InChI is InChI=1S/C29H23NO5/c1-3-35-28(34)17-9-8-10-18(15-17)30-26(32)24-23-19-11-4-6-13-21(19)29(16(2)31,25(24)27(30)33)22-14-7-5-12-20(22)23/h4-15,23-25H,3H2,1-2H3/t23?,24-,25-,29?/m1/s1. The van der Waals surface area contributed by atoms with E-state index in [2.05, 4.69) is 0 Å². The van der Waals surface area contributed by atoms with Gasteiger partial charge in [0, 0.05) is 5.92 Å². The van der Waals surface area contributed by atoms with Crippen molar-refractivity contribution in [3.8, 4) is 0 Å². The van der Waals surface area contributed by atoms with Gasteiger partial charge in [-0.2, -0.15) is 0 Å². The average molecular weight is 466 g/mol. The van der Waals surface area contributed by atoms with E-state index in [0.29, 0.717) is 5.69 Å². The maximum absolute atomic E-state index is 14.1. The Labute approximate surface area is 202 Å². The van der Waals surface area contributed by atoms with Crippen LogP contribution in [0.3, 0.4) is 0 Å². The third-order valence-corrected chi connectivity index (χ3v) is 7.79. The van der Waals surface area contributed by atoms with Crippen LogP contribution in [0.2, 0.25) is 0 Å². The highest BCUT2D eigenvalue weighted by Gasteiger charge is 2.70. The Balaban J connectivity index is 1.57. The van der Waals surface area contributed by atoms with Crippen LogP contribution in [-0.4, -0.2) is 30.2 Å². The highest BCUT2D eigenvalue weighted by Crippen LogP contribution is 2.64. The Morgan fingerprint density at radius 2 is 1.51 bits per heavy atom. The second-order valence-electron chi connectivity index (χ2n) is 9.30. The van der Waals surface area contributed by atoms with Crippen LogP contribution in [0.5, 0.6) is 0 Å². The van der Waals surface area contributed by atoms with E-state index in [9.17, 15) is 19.2 Å². The molecule has 2 bridgehead atoms. The van der Waals surface area contributed by atoms with Crippen molar-refractivity contribution >= 4 is 29.3 Å². The first-order valence-corrected chi connectivity index (χ1v) is 11.8. The number of benzene rings is 3. The van der Waals surface area contributed by atoms with Crippen LogP contribution in [-0.2, 0) is 24.5 Å². The fraction of sp³-hybridized carbons (Fsp3) is 0.241. The van der Waals surface area contributed by atoms with Crippen molar-refractivity contribution < 1.29 is 23.9 Å². The number of ketones is 1. The summed E-state index contributed by atoms with van der Waals surface area (Å²) in [6.07, 6.45) is 0. The minimum absolute atomic E-state index is 0.158. The molecule has 1 fully saturated rings. The van der Waals surface area contributed by atoms with Gasteiger partial charge in [-0.05, 0) is 54.3 Å². The molecule has 0 saturated carbocycles. The third kappa shape index (κ3) is 2.59. The van der Waals surface area contributed by atoms with Gasteiger partial charge in [-0.15, -0.1) is 0 Å². The number of carbonyl (C=O) groups excluding carboxylic acids is 4. The number of hydrogen-bond acceptors (Lipinski definition) is 5. The smallest absolute Gasteiger partial charge is 0.338 e. The molecular formula is C29H23NO5. The summed E-state index contributed by atoms with van der Waals surface area (Å²) in [6, 6.07) is 21.7. The van der Waals surface area contributed by atoms with E-state index in [1.54, 1.807) is 25.1 Å². The van der Waals surface area contributed by atoms with Gasteiger partial charge in [0.1, 0.15) is 5.78 Å². The Bertz CT molecular complexity index is 1390. The Kier molecular flexibility index (Phi) is 4.58. The molecule has 1 saturated heterocycles. The van der Waals surface area contributed by atoms with Crippen molar-refractivity contribution in [1.82, 2.24) is 0 Å². The predicted molar refractivity (Wildman–Crippen MR) is 128 cm³/mol. The number of nitrogens with zero attached hydrogens (tertiary/aromatic N) is 1. The number of carbonyl (C=O) groups is 4. The molecular weight excluding hydrogens is 442 g/mol. The normalized spacial score (nSPS) is 25.7. The van der Waals surface area contributed by atoms with Gasteiger partial charge in [0.05, 0.1) is 35.1 Å². The van der Waals surface area contributed by atoms with Gasteiger partial charge in [-0.1, -0.05) is 54.6 Å². The molecule has 174 valence electrons. The number of hydrogen-bond donors (Lipinski definition) is 0. The van der Waals surface area contributed by atoms with Crippen molar-refractivity contribution in [3.63, 3.8) is 0 Å². The fourth-order valence-electron chi connectivity index (χ4n) is 6.61. The number of ether oxygens (including phenoxy) is 1. The zero-order valence-corrected chi connectivity index (χ0v) is 19.4. The zero-order valence-electron chi connectivity index (χ0n) is 19.4. The lowest BCUT2D eigenvalue weighted by atomic mass is 9.46. The quantitative estimate of drug-likeness (QED) is 0.430. The molecule has 35 heavy (non-hydrogen) atoms. The van der Waals surface area contributed by atoms with Crippen molar-refractivity contribution in [2.24, 2.45) is 11.8 Å². The van der Waals surface area contributed by atoms with Crippen LogP contribution in [0.4, 0.5) is 5.69 Å². The maximum atomic E-state index is 14.1. The zero-order chi connectivity index (χ0) is 24.5. The van der Waals surface area contributed by atoms with Gasteiger partial charge < -0.3 is 4.74 Å². The van der Waals surface area contributed by atoms with Crippen LogP contribution < -0.4 is 4.90 Å². The van der Waals surface area contributed by atoms with Crippen molar-refractivity contribution in [2.75, 3.05) is 11.5 Å².